The predicted octanol–water partition coefficient (Wildman–Crippen LogP) is 4.09. The third kappa shape index (κ3) is 3.00. The molecule has 20 heavy (non-hydrogen) atoms. The number of ether oxygens (including phenoxy) is 1. The van der Waals surface area contributed by atoms with E-state index < -0.39 is 0 Å². The second kappa shape index (κ2) is 6.00. The van der Waals surface area contributed by atoms with E-state index in [-0.39, 0.29) is 16.9 Å². The Morgan fingerprint density at radius 1 is 1.25 bits per heavy atom. The lowest BCUT2D eigenvalue weighted by molar-refractivity contribution is -0.00142. The molecule has 4 heteroatoms. The van der Waals surface area contributed by atoms with Gasteiger partial charge < -0.3 is 10.1 Å². The molecule has 1 unspecified atom stereocenters. The minimum Gasteiger partial charge on any atom is -0.372 e. The van der Waals surface area contributed by atoms with Crippen LogP contribution < -0.4 is 5.32 Å². The molecule has 2 aliphatic rings. The Morgan fingerprint density at radius 3 is 2.80 bits per heavy atom. The van der Waals surface area contributed by atoms with Gasteiger partial charge in [0, 0.05) is 18.5 Å². The fourth-order valence-electron chi connectivity index (χ4n) is 3.41. The lowest BCUT2D eigenvalue weighted by atomic mass is 9.74. The monoisotopic (exact) mass is 297 g/mol. The first-order valence-corrected chi connectivity index (χ1v) is 7.84. The number of benzene rings is 1. The zero-order valence-corrected chi connectivity index (χ0v) is 12.4. The van der Waals surface area contributed by atoms with Crippen LogP contribution in [0.1, 0.15) is 43.8 Å². The van der Waals surface area contributed by atoms with Crippen molar-refractivity contribution in [3.05, 3.63) is 34.6 Å². The van der Waals surface area contributed by atoms with Crippen LogP contribution in [-0.4, -0.2) is 19.7 Å². The SMILES string of the molecule is Fc1ccc(C2CNCC3(CCCCC3)CO2)cc1Cl. The summed E-state index contributed by atoms with van der Waals surface area (Å²) in [6.45, 7) is 2.59. The maximum absolute atomic E-state index is 13.2. The van der Waals surface area contributed by atoms with E-state index in [9.17, 15) is 4.39 Å². The summed E-state index contributed by atoms with van der Waals surface area (Å²) < 4.78 is 19.4. The quantitative estimate of drug-likeness (QED) is 0.843. The molecule has 0 amide bonds. The molecule has 1 saturated carbocycles. The zero-order valence-electron chi connectivity index (χ0n) is 11.6. The summed E-state index contributed by atoms with van der Waals surface area (Å²) >= 11 is 5.87. The van der Waals surface area contributed by atoms with Crippen LogP contribution in [0.2, 0.25) is 5.02 Å². The molecule has 1 atom stereocenters. The number of hydrogen-bond donors (Lipinski definition) is 1. The third-order valence-electron chi connectivity index (χ3n) is 4.65. The highest BCUT2D eigenvalue weighted by Crippen LogP contribution is 2.38. The molecule has 1 heterocycles. The fraction of sp³-hybridized carbons (Fsp3) is 0.625. The molecule has 1 saturated heterocycles. The summed E-state index contributed by atoms with van der Waals surface area (Å²) in [5.74, 6) is -0.374. The van der Waals surface area contributed by atoms with Crippen molar-refractivity contribution in [3.8, 4) is 0 Å². The van der Waals surface area contributed by atoms with E-state index >= 15 is 0 Å². The van der Waals surface area contributed by atoms with Crippen LogP contribution in [0.15, 0.2) is 18.2 Å². The highest BCUT2D eigenvalue weighted by atomic mass is 35.5. The Labute approximate surface area is 124 Å². The molecule has 1 aromatic carbocycles. The number of nitrogens with one attached hydrogen (secondary N) is 1. The van der Waals surface area contributed by atoms with Crippen LogP contribution in [0.5, 0.6) is 0 Å². The molecular formula is C16H21ClFNO. The third-order valence-corrected chi connectivity index (χ3v) is 4.94. The van der Waals surface area contributed by atoms with Crippen molar-refractivity contribution >= 4 is 11.6 Å². The van der Waals surface area contributed by atoms with Gasteiger partial charge in [0.25, 0.3) is 0 Å². The van der Waals surface area contributed by atoms with Crippen LogP contribution >= 0.6 is 11.6 Å². The Hall–Kier alpha value is -0.640. The van der Waals surface area contributed by atoms with Gasteiger partial charge in [-0.3, -0.25) is 0 Å². The van der Waals surface area contributed by atoms with Crippen molar-refractivity contribution in [2.45, 2.75) is 38.2 Å². The van der Waals surface area contributed by atoms with Crippen LogP contribution in [0.25, 0.3) is 0 Å². The molecule has 1 N–H and O–H groups in total. The second-order valence-corrected chi connectivity index (χ2v) is 6.57. The molecule has 110 valence electrons. The topological polar surface area (TPSA) is 21.3 Å². The van der Waals surface area contributed by atoms with Gasteiger partial charge in [-0.05, 0) is 30.5 Å². The average molecular weight is 298 g/mol. The van der Waals surface area contributed by atoms with E-state index in [0.717, 1.165) is 25.3 Å². The molecule has 2 fully saturated rings. The van der Waals surface area contributed by atoms with Gasteiger partial charge in [0.05, 0.1) is 17.7 Å². The largest absolute Gasteiger partial charge is 0.372 e. The summed E-state index contributed by atoms with van der Waals surface area (Å²) in [5.41, 5.74) is 1.26. The Morgan fingerprint density at radius 2 is 2.05 bits per heavy atom. The number of halogens is 2. The Balaban J connectivity index is 1.71. The lowest BCUT2D eigenvalue weighted by Gasteiger charge is -2.35. The molecule has 1 aliphatic heterocycles. The van der Waals surface area contributed by atoms with Crippen LogP contribution in [0, 0.1) is 11.2 Å². The molecule has 3 rings (SSSR count). The maximum Gasteiger partial charge on any atom is 0.141 e. The Bertz CT molecular complexity index is 474. The normalized spacial score (nSPS) is 26.4. The molecular weight excluding hydrogens is 277 g/mol. The maximum atomic E-state index is 13.2. The fourth-order valence-corrected chi connectivity index (χ4v) is 3.59. The van der Waals surface area contributed by atoms with E-state index in [1.165, 1.54) is 38.2 Å². The number of hydrogen-bond acceptors (Lipinski definition) is 2. The van der Waals surface area contributed by atoms with Gasteiger partial charge in [0.1, 0.15) is 5.82 Å². The minimum absolute atomic E-state index is 0.0330. The summed E-state index contributed by atoms with van der Waals surface area (Å²) in [4.78, 5) is 0. The van der Waals surface area contributed by atoms with E-state index in [0.29, 0.717) is 5.41 Å². The molecule has 1 aliphatic carbocycles. The molecule has 1 aromatic rings. The predicted molar refractivity (Wildman–Crippen MR) is 78.5 cm³/mol. The second-order valence-electron chi connectivity index (χ2n) is 6.16. The van der Waals surface area contributed by atoms with Gasteiger partial charge in [-0.25, -0.2) is 4.39 Å². The highest BCUT2D eigenvalue weighted by molar-refractivity contribution is 6.30. The van der Waals surface area contributed by atoms with Gasteiger partial charge >= 0.3 is 0 Å². The van der Waals surface area contributed by atoms with E-state index in [2.05, 4.69) is 5.32 Å². The first kappa shape index (κ1) is 14.3. The van der Waals surface area contributed by atoms with Gasteiger partial charge in [0.15, 0.2) is 0 Å². The zero-order chi connectivity index (χ0) is 14.0. The standard InChI is InChI=1S/C16H21ClFNO/c17-13-8-12(4-5-14(13)18)15-9-19-10-16(11-20-15)6-2-1-3-7-16/h4-5,8,15,19H,1-3,6-7,9-11H2. The van der Waals surface area contributed by atoms with Crippen molar-refractivity contribution < 1.29 is 9.13 Å². The van der Waals surface area contributed by atoms with E-state index in [1.54, 1.807) is 12.1 Å². The van der Waals surface area contributed by atoms with Crippen LogP contribution in [0.3, 0.4) is 0 Å². The first-order valence-electron chi connectivity index (χ1n) is 7.46. The number of rotatable bonds is 1. The molecule has 2 nitrogen and oxygen atoms in total. The van der Waals surface area contributed by atoms with Crippen LogP contribution in [-0.2, 0) is 4.74 Å². The summed E-state index contributed by atoms with van der Waals surface area (Å²) in [5, 5.41) is 3.70. The van der Waals surface area contributed by atoms with E-state index in [1.807, 2.05) is 0 Å². The van der Waals surface area contributed by atoms with Gasteiger partial charge in [-0.2, -0.15) is 0 Å². The summed E-state index contributed by atoms with van der Waals surface area (Å²) in [6, 6.07) is 4.87. The Kier molecular flexibility index (Phi) is 4.29. The summed E-state index contributed by atoms with van der Waals surface area (Å²) in [7, 11) is 0. The summed E-state index contributed by atoms with van der Waals surface area (Å²) in [6.07, 6.45) is 6.41. The molecule has 0 bridgehead atoms. The first-order chi connectivity index (χ1) is 9.69. The van der Waals surface area contributed by atoms with Gasteiger partial charge in [-0.1, -0.05) is 36.9 Å². The lowest BCUT2D eigenvalue weighted by Crippen LogP contribution is -2.37. The van der Waals surface area contributed by atoms with Gasteiger partial charge in [0.2, 0.25) is 0 Å². The van der Waals surface area contributed by atoms with Crippen molar-refractivity contribution in [1.82, 2.24) is 5.32 Å². The van der Waals surface area contributed by atoms with Crippen molar-refractivity contribution in [2.24, 2.45) is 5.41 Å². The van der Waals surface area contributed by atoms with Crippen molar-refractivity contribution in [1.29, 1.82) is 0 Å². The molecule has 0 aromatic heterocycles. The smallest absolute Gasteiger partial charge is 0.141 e. The highest BCUT2D eigenvalue weighted by Gasteiger charge is 2.35. The van der Waals surface area contributed by atoms with Crippen molar-refractivity contribution in [2.75, 3.05) is 19.7 Å². The van der Waals surface area contributed by atoms with Crippen LogP contribution in [0.4, 0.5) is 4.39 Å². The minimum atomic E-state index is -0.374. The van der Waals surface area contributed by atoms with Gasteiger partial charge in [-0.15, -0.1) is 0 Å². The van der Waals surface area contributed by atoms with Crippen molar-refractivity contribution in [3.63, 3.8) is 0 Å². The van der Waals surface area contributed by atoms with E-state index in [4.69, 9.17) is 16.3 Å². The molecule has 0 radical (unpaired) electrons. The average Bonchev–Trinajstić information content (AvgIpc) is 2.66. The molecule has 1 spiro atoms.